The molecule has 0 spiro atoms. The third-order valence-corrected chi connectivity index (χ3v) is 8.49. The SMILES string of the molecule is CC(=O)OCCn1ncc2c1CCCC2NS(=O)(=O)c1cccc(NS(=O)(=O)c2ccccc2)c1. The largest absolute Gasteiger partial charge is 0.464 e. The molecule has 1 aliphatic rings. The number of aromatic nitrogens is 2. The number of esters is 1. The highest BCUT2D eigenvalue weighted by Gasteiger charge is 2.29. The lowest BCUT2D eigenvalue weighted by atomic mass is 9.94. The number of carbonyl (C=O) groups excluding carboxylic acids is 1. The van der Waals surface area contributed by atoms with Gasteiger partial charge in [-0.1, -0.05) is 24.3 Å². The van der Waals surface area contributed by atoms with Gasteiger partial charge in [0.25, 0.3) is 10.0 Å². The quantitative estimate of drug-likeness (QED) is 0.416. The molecule has 1 heterocycles. The average Bonchev–Trinajstić information content (AvgIpc) is 3.23. The van der Waals surface area contributed by atoms with Gasteiger partial charge in [-0.05, 0) is 49.6 Å². The zero-order chi connectivity index (χ0) is 25.1. The van der Waals surface area contributed by atoms with Gasteiger partial charge in [0.2, 0.25) is 10.0 Å². The molecule has 0 radical (unpaired) electrons. The summed E-state index contributed by atoms with van der Waals surface area (Å²) in [4.78, 5) is 11.0. The Bertz CT molecular complexity index is 1420. The van der Waals surface area contributed by atoms with Gasteiger partial charge in [0.05, 0.1) is 34.3 Å². The maximum Gasteiger partial charge on any atom is 0.302 e. The maximum absolute atomic E-state index is 13.2. The van der Waals surface area contributed by atoms with Crippen molar-refractivity contribution in [3.8, 4) is 0 Å². The van der Waals surface area contributed by atoms with Crippen LogP contribution in [-0.4, -0.2) is 39.2 Å². The second kappa shape index (κ2) is 10.2. The van der Waals surface area contributed by atoms with Crippen molar-refractivity contribution in [2.24, 2.45) is 0 Å². The third kappa shape index (κ3) is 5.89. The lowest BCUT2D eigenvalue weighted by Gasteiger charge is -2.24. The van der Waals surface area contributed by atoms with Gasteiger partial charge in [-0.3, -0.25) is 14.2 Å². The molecular formula is C23H26N4O6S2. The lowest BCUT2D eigenvalue weighted by molar-refractivity contribution is -0.141. The Kier molecular flexibility index (Phi) is 7.24. The van der Waals surface area contributed by atoms with Crippen LogP contribution < -0.4 is 9.44 Å². The second-order valence-corrected chi connectivity index (χ2v) is 11.5. The van der Waals surface area contributed by atoms with Crippen LogP contribution in [0.15, 0.2) is 70.6 Å². The molecule has 186 valence electrons. The predicted molar refractivity (Wildman–Crippen MR) is 129 cm³/mol. The Balaban J connectivity index is 1.51. The summed E-state index contributed by atoms with van der Waals surface area (Å²) in [5.74, 6) is -0.370. The monoisotopic (exact) mass is 518 g/mol. The molecule has 1 aromatic heterocycles. The number of hydrogen-bond donors (Lipinski definition) is 2. The van der Waals surface area contributed by atoms with E-state index in [-0.39, 0.29) is 28.1 Å². The van der Waals surface area contributed by atoms with Crippen molar-refractivity contribution in [3.05, 3.63) is 72.1 Å². The first-order chi connectivity index (χ1) is 16.7. The number of hydrogen-bond acceptors (Lipinski definition) is 7. The van der Waals surface area contributed by atoms with Crippen LogP contribution in [0.25, 0.3) is 0 Å². The Morgan fingerprint density at radius 3 is 2.54 bits per heavy atom. The molecule has 1 unspecified atom stereocenters. The summed E-state index contributed by atoms with van der Waals surface area (Å²) in [5.41, 5.74) is 1.82. The fourth-order valence-corrected chi connectivity index (χ4v) is 6.37. The number of ether oxygens (including phenoxy) is 1. The summed E-state index contributed by atoms with van der Waals surface area (Å²) in [6.07, 6.45) is 3.74. The summed E-state index contributed by atoms with van der Waals surface area (Å²) in [7, 11) is -7.82. The summed E-state index contributed by atoms with van der Waals surface area (Å²) in [6.45, 7) is 1.91. The van der Waals surface area contributed by atoms with E-state index in [1.807, 2.05) is 0 Å². The van der Waals surface area contributed by atoms with E-state index in [0.717, 1.165) is 24.1 Å². The zero-order valence-corrected chi connectivity index (χ0v) is 20.7. The van der Waals surface area contributed by atoms with E-state index in [4.69, 9.17) is 4.74 Å². The van der Waals surface area contributed by atoms with E-state index in [2.05, 4.69) is 14.5 Å². The number of carbonyl (C=O) groups is 1. The molecule has 0 aliphatic heterocycles. The van der Waals surface area contributed by atoms with Gasteiger partial charge in [0.15, 0.2) is 0 Å². The standard InChI is InChI=1S/C23H26N4O6S2/c1-17(28)33-14-13-27-23-12-6-11-22(21(23)16-24-27)26-35(31,32)20-10-5-7-18(15-20)25-34(29,30)19-8-3-2-4-9-19/h2-5,7-10,15-16,22,25-26H,6,11-14H2,1H3. The molecule has 10 nitrogen and oxygen atoms in total. The van der Waals surface area contributed by atoms with Crippen molar-refractivity contribution in [1.29, 1.82) is 0 Å². The normalized spacial score (nSPS) is 15.9. The van der Waals surface area contributed by atoms with Gasteiger partial charge in [-0.25, -0.2) is 21.6 Å². The Labute approximate surface area is 204 Å². The number of nitrogens with zero attached hydrogens (tertiary/aromatic N) is 2. The maximum atomic E-state index is 13.2. The minimum atomic E-state index is -3.96. The Morgan fingerprint density at radius 1 is 1.06 bits per heavy atom. The van der Waals surface area contributed by atoms with Crippen LogP contribution >= 0.6 is 0 Å². The Hall–Kier alpha value is -3.22. The topological polar surface area (TPSA) is 136 Å². The molecule has 0 saturated carbocycles. The summed E-state index contributed by atoms with van der Waals surface area (Å²) in [5, 5.41) is 4.34. The molecule has 1 atom stereocenters. The van der Waals surface area contributed by atoms with Crippen molar-refractivity contribution in [2.75, 3.05) is 11.3 Å². The van der Waals surface area contributed by atoms with Gasteiger partial charge in [0, 0.05) is 18.2 Å². The molecule has 12 heteroatoms. The molecule has 35 heavy (non-hydrogen) atoms. The van der Waals surface area contributed by atoms with Crippen LogP contribution in [0.2, 0.25) is 0 Å². The average molecular weight is 519 g/mol. The first-order valence-corrected chi connectivity index (χ1v) is 14.0. The molecule has 1 aliphatic carbocycles. The van der Waals surface area contributed by atoms with E-state index < -0.39 is 26.1 Å². The second-order valence-electron chi connectivity index (χ2n) is 8.12. The smallest absolute Gasteiger partial charge is 0.302 e. The summed E-state index contributed by atoms with van der Waals surface area (Å²) in [6, 6.07) is 13.0. The highest BCUT2D eigenvalue weighted by Crippen LogP contribution is 2.31. The van der Waals surface area contributed by atoms with E-state index in [1.165, 1.54) is 43.3 Å². The molecule has 2 aromatic carbocycles. The molecule has 4 rings (SSSR count). The first kappa shape index (κ1) is 24.9. The summed E-state index contributed by atoms with van der Waals surface area (Å²) >= 11 is 0. The van der Waals surface area contributed by atoms with Crippen LogP contribution in [0, 0.1) is 0 Å². The van der Waals surface area contributed by atoms with Gasteiger partial charge in [-0.2, -0.15) is 5.10 Å². The van der Waals surface area contributed by atoms with Crippen LogP contribution in [0.1, 0.15) is 37.1 Å². The number of sulfonamides is 2. The molecule has 0 bridgehead atoms. The van der Waals surface area contributed by atoms with Crippen molar-refractivity contribution in [3.63, 3.8) is 0 Å². The molecule has 3 aromatic rings. The number of anilines is 1. The summed E-state index contributed by atoms with van der Waals surface area (Å²) < 4.78 is 63.5. The molecule has 0 fully saturated rings. The number of fused-ring (bicyclic) bond motifs is 1. The van der Waals surface area contributed by atoms with Gasteiger partial charge < -0.3 is 4.74 Å². The fraction of sp³-hybridized carbons (Fsp3) is 0.304. The van der Waals surface area contributed by atoms with E-state index in [0.29, 0.717) is 13.0 Å². The van der Waals surface area contributed by atoms with Gasteiger partial charge in [-0.15, -0.1) is 0 Å². The predicted octanol–water partition coefficient (Wildman–Crippen LogP) is 2.60. The van der Waals surface area contributed by atoms with Crippen molar-refractivity contribution < 1.29 is 26.4 Å². The molecular weight excluding hydrogens is 492 g/mol. The van der Waals surface area contributed by atoms with Crippen LogP contribution in [0.4, 0.5) is 5.69 Å². The van der Waals surface area contributed by atoms with Gasteiger partial charge >= 0.3 is 5.97 Å². The minimum Gasteiger partial charge on any atom is -0.464 e. The highest BCUT2D eigenvalue weighted by molar-refractivity contribution is 7.92. The Morgan fingerprint density at radius 2 is 1.80 bits per heavy atom. The number of benzene rings is 2. The fourth-order valence-electron chi connectivity index (χ4n) is 4.01. The van der Waals surface area contributed by atoms with Crippen LogP contribution in [-0.2, 0) is 42.5 Å². The van der Waals surface area contributed by atoms with Gasteiger partial charge in [0.1, 0.15) is 6.61 Å². The minimum absolute atomic E-state index is 0.0554. The van der Waals surface area contributed by atoms with E-state index in [1.54, 1.807) is 29.1 Å². The first-order valence-electron chi connectivity index (χ1n) is 11.0. The van der Waals surface area contributed by atoms with Crippen molar-refractivity contribution in [2.45, 2.75) is 48.6 Å². The molecule has 0 amide bonds. The van der Waals surface area contributed by atoms with E-state index >= 15 is 0 Å². The lowest BCUT2D eigenvalue weighted by Crippen LogP contribution is -2.31. The van der Waals surface area contributed by atoms with Crippen molar-refractivity contribution in [1.82, 2.24) is 14.5 Å². The van der Waals surface area contributed by atoms with Crippen molar-refractivity contribution >= 4 is 31.7 Å². The number of rotatable bonds is 9. The molecule has 2 N–H and O–H groups in total. The van der Waals surface area contributed by atoms with E-state index in [9.17, 15) is 21.6 Å². The molecule has 0 saturated heterocycles. The third-order valence-electron chi connectivity index (χ3n) is 5.62. The van der Waals surface area contributed by atoms with Crippen LogP contribution in [0.5, 0.6) is 0 Å². The zero-order valence-electron chi connectivity index (χ0n) is 19.0. The van der Waals surface area contributed by atoms with Crippen LogP contribution in [0.3, 0.4) is 0 Å². The highest BCUT2D eigenvalue weighted by atomic mass is 32.2. The number of nitrogens with one attached hydrogen (secondary N) is 2.